The monoisotopic (exact) mass is 347 g/mol. The van der Waals surface area contributed by atoms with Crippen molar-refractivity contribution in [1.29, 1.82) is 0 Å². The fraction of sp³-hybridized carbons (Fsp3) is 0.235. The van der Waals surface area contributed by atoms with Crippen molar-refractivity contribution in [1.82, 2.24) is 4.98 Å². The molecule has 0 bridgehead atoms. The van der Waals surface area contributed by atoms with Crippen molar-refractivity contribution in [3.05, 3.63) is 71.8 Å². The van der Waals surface area contributed by atoms with Crippen LogP contribution in [0.5, 0.6) is 0 Å². The Labute approximate surface area is 142 Å². The molecule has 6 nitrogen and oxygen atoms in total. The standard InChI is InChI=1S/C17H21NO5Si/c1-21-24(22-2,23-3)18-16(19)17(20,14-10-6-4-7-11-14)15-12-8-5-9-13-15/h4-13,20H,1-3H3,(H,18,19). The van der Waals surface area contributed by atoms with E-state index in [0.29, 0.717) is 11.1 Å². The second-order valence-corrected chi connectivity index (χ2v) is 7.65. The number of benzene rings is 2. The van der Waals surface area contributed by atoms with Crippen molar-refractivity contribution in [3.8, 4) is 0 Å². The van der Waals surface area contributed by atoms with Gasteiger partial charge in [0.2, 0.25) is 0 Å². The first-order chi connectivity index (χ1) is 11.5. The van der Waals surface area contributed by atoms with Crippen LogP contribution in [-0.2, 0) is 23.7 Å². The topological polar surface area (TPSA) is 77.0 Å². The van der Waals surface area contributed by atoms with E-state index in [1.54, 1.807) is 48.5 Å². The molecule has 7 heteroatoms. The molecule has 0 aliphatic carbocycles. The van der Waals surface area contributed by atoms with Gasteiger partial charge in [0.05, 0.1) is 0 Å². The van der Waals surface area contributed by atoms with Crippen LogP contribution in [0.2, 0.25) is 0 Å². The molecule has 128 valence electrons. The second kappa shape index (κ2) is 7.69. The van der Waals surface area contributed by atoms with Gasteiger partial charge < -0.3 is 23.4 Å². The molecule has 0 atom stereocenters. The van der Waals surface area contributed by atoms with Crippen molar-refractivity contribution in [2.24, 2.45) is 0 Å². The smallest absolute Gasteiger partial charge is 0.372 e. The maximum atomic E-state index is 13.0. The molecular weight excluding hydrogens is 326 g/mol. The molecule has 0 radical (unpaired) electrons. The number of hydrogen-bond donors (Lipinski definition) is 2. The van der Waals surface area contributed by atoms with E-state index in [9.17, 15) is 9.90 Å². The van der Waals surface area contributed by atoms with E-state index in [4.69, 9.17) is 13.3 Å². The Morgan fingerprint density at radius 3 is 1.58 bits per heavy atom. The third kappa shape index (κ3) is 3.40. The third-order valence-corrected chi connectivity index (χ3v) is 5.93. The van der Waals surface area contributed by atoms with Crippen LogP contribution in [0.15, 0.2) is 60.7 Å². The van der Waals surface area contributed by atoms with Gasteiger partial charge in [-0.15, -0.1) is 0 Å². The summed E-state index contributed by atoms with van der Waals surface area (Å²) in [6, 6.07) is 17.4. The van der Waals surface area contributed by atoms with E-state index in [0.717, 1.165) is 0 Å². The molecule has 0 saturated carbocycles. The number of carbonyl (C=O) groups is 1. The molecule has 24 heavy (non-hydrogen) atoms. The molecule has 0 aromatic heterocycles. The van der Waals surface area contributed by atoms with Gasteiger partial charge in [0, 0.05) is 21.3 Å². The molecule has 0 aliphatic heterocycles. The molecule has 2 aromatic carbocycles. The van der Waals surface area contributed by atoms with E-state index >= 15 is 0 Å². The number of amides is 1. The molecule has 0 saturated heterocycles. The number of carbonyl (C=O) groups excluding carboxylic acids is 1. The average Bonchev–Trinajstić information content (AvgIpc) is 2.66. The number of aliphatic hydroxyl groups is 1. The van der Waals surface area contributed by atoms with Crippen LogP contribution in [-0.4, -0.2) is 41.3 Å². The van der Waals surface area contributed by atoms with Gasteiger partial charge in [0.1, 0.15) is 0 Å². The lowest BCUT2D eigenvalue weighted by molar-refractivity contribution is -0.136. The van der Waals surface area contributed by atoms with Crippen molar-refractivity contribution in [3.63, 3.8) is 0 Å². The average molecular weight is 347 g/mol. The number of hydrogen-bond acceptors (Lipinski definition) is 5. The van der Waals surface area contributed by atoms with Gasteiger partial charge in [-0.1, -0.05) is 60.7 Å². The molecule has 2 rings (SSSR count). The first-order valence-corrected chi connectivity index (χ1v) is 9.06. The molecule has 0 heterocycles. The molecule has 1 amide bonds. The van der Waals surface area contributed by atoms with Gasteiger partial charge in [-0.2, -0.15) is 0 Å². The second-order valence-electron chi connectivity index (χ2n) is 5.07. The zero-order valence-electron chi connectivity index (χ0n) is 13.9. The maximum Gasteiger partial charge on any atom is 0.632 e. The normalized spacial score (nSPS) is 12.0. The third-order valence-electron chi connectivity index (χ3n) is 3.78. The van der Waals surface area contributed by atoms with E-state index in [2.05, 4.69) is 4.98 Å². The highest BCUT2D eigenvalue weighted by Crippen LogP contribution is 2.30. The largest absolute Gasteiger partial charge is 0.632 e. The van der Waals surface area contributed by atoms with E-state index in [1.807, 2.05) is 12.1 Å². The number of rotatable bonds is 7. The van der Waals surface area contributed by atoms with Crippen LogP contribution in [0.1, 0.15) is 11.1 Å². The summed E-state index contributed by atoms with van der Waals surface area (Å²) in [6.45, 7) is 0. The van der Waals surface area contributed by atoms with Crippen LogP contribution < -0.4 is 4.98 Å². The Kier molecular flexibility index (Phi) is 5.87. The van der Waals surface area contributed by atoms with E-state index in [1.165, 1.54) is 21.3 Å². The van der Waals surface area contributed by atoms with Crippen molar-refractivity contribution in [2.45, 2.75) is 5.60 Å². The first-order valence-electron chi connectivity index (χ1n) is 7.34. The van der Waals surface area contributed by atoms with Crippen LogP contribution in [0.4, 0.5) is 0 Å². The molecule has 2 N–H and O–H groups in total. The van der Waals surface area contributed by atoms with Gasteiger partial charge in [-0.25, -0.2) is 0 Å². The van der Waals surface area contributed by atoms with Crippen LogP contribution in [0.25, 0.3) is 0 Å². The van der Waals surface area contributed by atoms with E-state index in [-0.39, 0.29) is 0 Å². The SMILES string of the molecule is CO[Si](NC(=O)C(O)(c1ccccc1)c1ccccc1)(OC)OC. The zero-order valence-corrected chi connectivity index (χ0v) is 14.9. The quantitative estimate of drug-likeness (QED) is 0.741. The maximum absolute atomic E-state index is 13.0. The van der Waals surface area contributed by atoms with E-state index < -0.39 is 20.5 Å². The lowest BCUT2D eigenvalue weighted by atomic mass is 9.86. The Bertz CT molecular complexity index is 613. The van der Waals surface area contributed by atoms with Gasteiger partial charge in [0.15, 0.2) is 5.60 Å². The Balaban J connectivity index is 2.50. The Morgan fingerprint density at radius 1 is 0.875 bits per heavy atom. The summed E-state index contributed by atoms with van der Waals surface area (Å²) in [7, 11) is 0.720. The first kappa shape index (κ1) is 18.3. The van der Waals surface area contributed by atoms with Gasteiger partial charge >= 0.3 is 8.97 Å². The fourth-order valence-electron chi connectivity index (χ4n) is 2.42. The predicted octanol–water partition coefficient (Wildman–Crippen LogP) is 1.41. The molecule has 2 aromatic rings. The predicted molar refractivity (Wildman–Crippen MR) is 90.8 cm³/mol. The van der Waals surface area contributed by atoms with Crippen LogP contribution in [0.3, 0.4) is 0 Å². The summed E-state index contributed by atoms with van der Waals surface area (Å²) < 4.78 is 15.7. The summed E-state index contributed by atoms with van der Waals surface area (Å²) >= 11 is 0. The Hall–Kier alpha value is -2.03. The van der Waals surface area contributed by atoms with Gasteiger partial charge in [-0.05, 0) is 11.1 Å². The fourth-order valence-corrected chi connectivity index (χ4v) is 3.69. The summed E-state index contributed by atoms with van der Waals surface area (Å²) in [5.74, 6) is -0.683. The highest BCUT2D eigenvalue weighted by molar-refractivity contribution is 6.61. The molecule has 0 fully saturated rings. The molecule has 0 spiro atoms. The van der Waals surface area contributed by atoms with Crippen molar-refractivity contribution < 1.29 is 23.2 Å². The Morgan fingerprint density at radius 2 is 1.25 bits per heavy atom. The minimum absolute atomic E-state index is 0.430. The number of nitrogens with one attached hydrogen (secondary N) is 1. The lowest BCUT2D eigenvalue weighted by Gasteiger charge is -2.32. The molecular formula is C17H21NO5Si. The highest BCUT2D eigenvalue weighted by Gasteiger charge is 2.49. The van der Waals surface area contributed by atoms with Crippen molar-refractivity contribution in [2.75, 3.05) is 21.3 Å². The zero-order chi connectivity index (χ0) is 17.6. The van der Waals surface area contributed by atoms with Crippen LogP contribution >= 0.6 is 0 Å². The minimum atomic E-state index is -3.42. The summed E-state index contributed by atoms with van der Waals surface area (Å²) in [5.41, 5.74) is -1.05. The van der Waals surface area contributed by atoms with Crippen molar-refractivity contribution >= 4 is 14.9 Å². The van der Waals surface area contributed by atoms with Crippen LogP contribution in [0, 0.1) is 0 Å². The summed E-state index contributed by atoms with van der Waals surface area (Å²) in [5, 5.41) is 11.3. The summed E-state index contributed by atoms with van der Waals surface area (Å²) in [4.78, 5) is 15.6. The van der Waals surface area contributed by atoms with Gasteiger partial charge in [-0.3, -0.25) is 4.79 Å². The minimum Gasteiger partial charge on any atom is -0.372 e. The molecule has 0 aliphatic rings. The summed E-state index contributed by atoms with van der Waals surface area (Å²) in [6.07, 6.45) is 0. The van der Waals surface area contributed by atoms with Gasteiger partial charge in [0.25, 0.3) is 5.91 Å². The lowest BCUT2D eigenvalue weighted by Crippen LogP contribution is -2.63. The molecule has 0 unspecified atom stereocenters. The highest BCUT2D eigenvalue weighted by atomic mass is 28.4.